The van der Waals surface area contributed by atoms with Gasteiger partial charge in [0, 0.05) is 53.2 Å². The first-order valence-electron chi connectivity index (χ1n) is 18.8. The molecule has 0 radical (unpaired) electrons. The summed E-state index contributed by atoms with van der Waals surface area (Å²) < 4.78 is 9.14. The number of fused-ring (bicyclic) bond motifs is 6. The Morgan fingerprint density at radius 1 is 0.357 bits per heavy atom. The molecule has 56 heavy (non-hydrogen) atoms. The normalized spacial score (nSPS) is 11.6. The molecule has 262 valence electrons. The molecule has 0 aliphatic rings. The molecule has 4 heteroatoms. The van der Waals surface area contributed by atoms with Crippen LogP contribution >= 0.6 is 11.3 Å². The number of para-hydroxylation sites is 2. The molecule has 8 aromatic carbocycles. The average Bonchev–Trinajstić information content (AvgIpc) is 3.86. The third-order valence-electron chi connectivity index (χ3n) is 10.7. The van der Waals surface area contributed by atoms with Crippen molar-refractivity contribution in [2.24, 2.45) is 0 Å². The molecule has 0 saturated heterocycles. The lowest BCUT2D eigenvalue weighted by atomic mass is 9.93. The highest BCUT2D eigenvalue weighted by atomic mass is 32.1. The van der Waals surface area contributed by atoms with Crippen LogP contribution in [0.5, 0.6) is 0 Å². The third-order valence-corrected chi connectivity index (χ3v) is 11.8. The Balaban J connectivity index is 1.12. The van der Waals surface area contributed by atoms with Gasteiger partial charge in [-0.3, -0.25) is 0 Å². The topological polar surface area (TPSA) is 38.9 Å². The van der Waals surface area contributed by atoms with Gasteiger partial charge >= 0.3 is 0 Å². The van der Waals surface area contributed by atoms with E-state index in [-0.39, 0.29) is 0 Å². The zero-order chi connectivity index (χ0) is 37.0. The summed E-state index contributed by atoms with van der Waals surface area (Å²) in [5.74, 6) is 0.681. The molecule has 3 aromatic heterocycles. The van der Waals surface area contributed by atoms with E-state index < -0.39 is 0 Å². The Kier molecular flexibility index (Phi) is 7.68. The second-order valence-corrected chi connectivity index (χ2v) is 15.2. The summed E-state index contributed by atoms with van der Waals surface area (Å²) in [4.78, 5) is 10.5. The summed E-state index contributed by atoms with van der Waals surface area (Å²) in [6.07, 6.45) is 0. The first-order valence-corrected chi connectivity index (χ1v) is 19.6. The maximum Gasteiger partial charge on any atom is 0.160 e. The predicted octanol–water partition coefficient (Wildman–Crippen LogP) is 14.7. The number of hydrogen-bond donors (Lipinski definition) is 0. The summed E-state index contributed by atoms with van der Waals surface area (Å²) in [6.45, 7) is 0. The van der Waals surface area contributed by atoms with Crippen LogP contribution < -0.4 is 0 Å². The van der Waals surface area contributed by atoms with Gasteiger partial charge in [0.1, 0.15) is 11.2 Å². The van der Waals surface area contributed by atoms with Crippen LogP contribution in [0, 0.1) is 0 Å². The van der Waals surface area contributed by atoms with E-state index in [0.29, 0.717) is 5.82 Å². The minimum absolute atomic E-state index is 0.681. The molecule has 0 aliphatic carbocycles. The van der Waals surface area contributed by atoms with Crippen LogP contribution in [0.4, 0.5) is 0 Å². The van der Waals surface area contributed by atoms with Crippen LogP contribution in [0.2, 0.25) is 0 Å². The Labute approximate surface area is 327 Å². The lowest BCUT2D eigenvalue weighted by Crippen LogP contribution is -1.97. The van der Waals surface area contributed by atoms with Crippen LogP contribution in [-0.2, 0) is 0 Å². The van der Waals surface area contributed by atoms with Gasteiger partial charge in [-0.25, -0.2) is 9.97 Å². The lowest BCUT2D eigenvalue weighted by molar-refractivity contribution is 0.670. The number of nitrogens with zero attached hydrogens (tertiary/aromatic N) is 2. The van der Waals surface area contributed by atoms with Crippen molar-refractivity contribution >= 4 is 53.4 Å². The van der Waals surface area contributed by atoms with Gasteiger partial charge in [0.2, 0.25) is 0 Å². The van der Waals surface area contributed by atoms with Crippen LogP contribution in [0.1, 0.15) is 0 Å². The minimum Gasteiger partial charge on any atom is -0.455 e. The maximum atomic E-state index is 6.55. The summed E-state index contributed by atoms with van der Waals surface area (Å²) in [5.41, 5.74) is 13.2. The largest absolute Gasteiger partial charge is 0.455 e. The fraction of sp³-hybridized carbons (Fsp3) is 0. The van der Waals surface area contributed by atoms with Crippen molar-refractivity contribution in [3.05, 3.63) is 194 Å². The molecule has 0 unspecified atom stereocenters. The quantitative estimate of drug-likeness (QED) is 0.171. The van der Waals surface area contributed by atoms with Crippen molar-refractivity contribution < 1.29 is 4.42 Å². The van der Waals surface area contributed by atoms with Gasteiger partial charge in [-0.15, -0.1) is 11.3 Å². The summed E-state index contributed by atoms with van der Waals surface area (Å²) >= 11 is 1.84. The fourth-order valence-corrected chi connectivity index (χ4v) is 9.16. The summed E-state index contributed by atoms with van der Waals surface area (Å²) in [7, 11) is 0. The van der Waals surface area contributed by atoms with Crippen LogP contribution in [0.15, 0.2) is 199 Å². The molecule has 11 aromatic rings. The number of hydrogen-bond acceptors (Lipinski definition) is 4. The Hall–Kier alpha value is -7.14. The molecule has 0 saturated carbocycles. The van der Waals surface area contributed by atoms with Crippen molar-refractivity contribution in [2.75, 3.05) is 0 Å². The minimum atomic E-state index is 0.681. The van der Waals surface area contributed by atoms with Crippen LogP contribution in [0.25, 0.3) is 109 Å². The number of furan rings is 1. The van der Waals surface area contributed by atoms with E-state index in [0.717, 1.165) is 77.8 Å². The molecule has 0 spiro atoms. The van der Waals surface area contributed by atoms with Gasteiger partial charge in [-0.1, -0.05) is 146 Å². The molecule has 3 heterocycles. The second kappa shape index (κ2) is 13.3. The maximum absolute atomic E-state index is 6.55. The van der Waals surface area contributed by atoms with E-state index in [1.54, 1.807) is 0 Å². The standard InChI is InChI=1S/C52H32N2OS/c1-3-14-33(15-4-1)37-29-38(41-23-12-24-43-42-20-7-9-25-47(42)55-51(41)43)31-39(30-37)46-32-45(53-52(54-46)34-16-5-2-6-17-34)36-19-11-18-35(28-36)40-22-13-27-49-50(40)44-21-8-10-26-48(44)56-49/h1-32H. The highest BCUT2D eigenvalue weighted by Crippen LogP contribution is 2.42. The zero-order valence-electron chi connectivity index (χ0n) is 30.2. The van der Waals surface area contributed by atoms with E-state index in [4.69, 9.17) is 14.4 Å². The van der Waals surface area contributed by atoms with Crippen LogP contribution in [0.3, 0.4) is 0 Å². The van der Waals surface area contributed by atoms with E-state index in [2.05, 4.69) is 164 Å². The molecule has 0 fully saturated rings. The van der Waals surface area contributed by atoms with Gasteiger partial charge < -0.3 is 4.42 Å². The highest BCUT2D eigenvalue weighted by molar-refractivity contribution is 7.25. The lowest BCUT2D eigenvalue weighted by Gasteiger charge is -2.14. The van der Waals surface area contributed by atoms with Crippen molar-refractivity contribution in [1.29, 1.82) is 0 Å². The molecule has 11 rings (SSSR count). The van der Waals surface area contributed by atoms with Gasteiger partial charge in [0.25, 0.3) is 0 Å². The van der Waals surface area contributed by atoms with E-state index in [1.165, 1.54) is 25.7 Å². The van der Waals surface area contributed by atoms with Crippen molar-refractivity contribution in [2.45, 2.75) is 0 Å². The smallest absolute Gasteiger partial charge is 0.160 e. The average molecular weight is 733 g/mol. The van der Waals surface area contributed by atoms with E-state index >= 15 is 0 Å². The monoisotopic (exact) mass is 732 g/mol. The first-order chi connectivity index (χ1) is 27.7. The van der Waals surface area contributed by atoms with Crippen molar-refractivity contribution in [1.82, 2.24) is 9.97 Å². The molecule has 0 N–H and O–H groups in total. The molecule has 3 nitrogen and oxygen atoms in total. The fourth-order valence-electron chi connectivity index (χ4n) is 8.02. The van der Waals surface area contributed by atoms with Crippen molar-refractivity contribution in [3.63, 3.8) is 0 Å². The predicted molar refractivity (Wildman–Crippen MR) is 235 cm³/mol. The number of rotatable bonds is 6. The molecule has 0 atom stereocenters. The molecular weight excluding hydrogens is 701 g/mol. The molecule has 0 bridgehead atoms. The Bertz CT molecular complexity index is 3250. The first kappa shape index (κ1) is 32.3. The third kappa shape index (κ3) is 5.58. The van der Waals surface area contributed by atoms with E-state index in [9.17, 15) is 0 Å². The van der Waals surface area contributed by atoms with Gasteiger partial charge in [0.05, 0.1) is 11.4 Å². The highest BCUT2D eigenvalue weighted by Gasteiger charge is 2.18. The molecule has 0 amide bonds. The number of aromatic nitrogens is 2. The Morgan fingerprint density at radius 2 is 0.929 bits per heavy atom. The van der Waals surface area contributed by atoms with Gasteiger partial charge in [-0.05, 0) is 76.3 Å². The second-order valence-electron chi connectivity index (χ2n) is 14.1. The summed E-state index contributed by atoms with van der Waals surface area (Å²) in [6, 6.07) is 68.5. The Morgan fingerprint density at radius 3 is 1.79 bits per heavy atom. The van der Waals surface area contributed by atoms with Crippen molar-refractivity contribution in [3.8, 4) is 67.3 Å². The number of benzene rings is 8. The SMILES string of the molecule is c1ccc(-c2cc(-c3cc(-c4cccc(-c5cccc6sc7ccccc7c56)c4)nc(-c4ccccc4)n3)cc(-c3cccc4c3oc3ccccc34)c2)cc1. The van der Waals surface area contributed by atoms with Gasteiger partial charge in [-0.2, -0.15) is 0 Å². The molecular formula is C52H32N2OS. The molecule has 0 aliphatic heterocycles. The van der Waals surface area contributed by atoms with E-state index in [1.807, 2.05) is 41.7 Å². The summed E-state index contributed by atoms with van der Waals surface area (Å²) in [5, 5.41) is 4.80. The zero-order valence-corrected chi connectivity index (χ0v) is 31.0. The van der Waals surface area contributed by atoms with Gasteiger partial charge in [0.15, 0.2) is 5.82 Å². The van der Waals surface area contributed by atoms with Crippen LogP contribution in [-0.4, -0.2) is 9.97 Å². The number of thiophene rings is 1.